The van der Waals surface area contributed by atoms with E-state index in [2.05, 4.69) is 10.3 Å². The fourth-order valence-corrected chi connectivity index (χ4v) is 1.70. The number of likely N-dealkylation sites (N-methyl/N-ethyl adjacent to an activating group) is 1. The highest BCUT2D eigenvalue weighted by atomic mass is 35.5. The number of halogens is 1. The molecule has 1 aromatic heterocycles. The minimum Gasteiger partial charge on any atom is -0.378 e. The highest BCUT2D eigenvalue weighted by Gasteiger charge is 2.07. The summed E-state index contributed by atoms with van der Waals surface area (Å²) < 4.78 is 5.38. The smallest absolute Gasteiger partial charge is 0.251 e. The fraction of sp³-hybridized carbons (Fsp3) is 0.538. The number of aromatic nitrogens is 1. The molecule has 0 aliphatic rings. The number of rotatable bonds is 7. The lowest BCUT2D eigenvalue weighted by Gasteiger charge is -2.10. The van der Waals surface area contributed by atoms with Gasteiger partial charge in [-0.25, -0.2) is 4.98 Å². The molecule has 1 heterocycles. The number of hydrogen-bond acceptors (Lipinski definition) is 4. The molecule has 0 aromatic carbocycles. The van der Waals surface area contributed by atoms with Crippen LogP contribution in [0.2, 0.25) is 5.15 Å². The molecule has 0 bridgehead atoms. The monoisotopic (exact) mass is 285 g/mol. The molecule has 1 amide bonds. The first-order valence-corrected chi connectivity index (χ1v) is 6.51. The molecule has 1 aromatic rings. The second kappa shape index (κ2) is 8.09. The summed E-state index contributed by atoms with van der Waals surface area (Å²) in [6.07, 6.45) is 0. The van der Waals surface area contributed by atoms with Crippen molar-refractivity contribution in [2.75, 3.05) is 40.4 Å². The maximum Gasteiger partial charge on any atom is 0.251 e. The van der Waals surface area contributed by atoms with Crippen molar-refractivity contribution < 1.29 is 9.53 Å². The van der Waals surface area contributed by atoms with Gasteiger partial charge in [0, 0.05) is 24.3 Å². The molecule has 0 atom stereocenters. The van der Waals surface area contributed by atoms with Gasteiger partial charge in [0.15, 0.2) is 0 Å². The first kappa shape index (κ1) is 15.9. The Bertz CT molecular complexity index is 404. The Kier molecular flexibility index (Phi) is 6.77. The highest BCUT2D eigenvalue weighted by Crippen LogP contribution is 2.09. The maximum absolute atomic E-state index is 11.8. The minimum absolute atomic E-state index is 0.163. The van der Waals surface area contributed by atoms with Gasteiger partial charge in [-0.05, 0) is 33.2 Å². The number of carbonyl (C=O) groups excluding carboxylic acids is 1. The molecular formula is C13H20ClN3O2. The first-order chi connectivity index (χ1) is 8.99. The van der Waals surface area contributed by atoms with Crippen molar-refractivity contribution in [3.05, 3.63) is 28.5 Å². The summed E-state index contributed by atoms with van der Waals surface area (Å²) in [5.41, 5.74) is 1.24. The van der Waals surface area contributed by atoms with Gasteiger partial charge in [0.05, 0.1) is 13.2 Å². The van der Waals surface area contributed by atoms with Crippen LogP contribution in [0.5, 0.6) is 0 Å². The number of hydrogen-bond donors (Lipinski definition) is 1. The van der Waals surface area contributed by atoms with Crippen LogP contribution in [0.15, 0.2) is 12.1 Å². The van der Waals surface area contributed by atoms with Gasteiger partial charge in [-0.2, -0.15) is 0 Å². The van der Waals surface area contributed by atoms with Gasteiger partial charge in [0.25, 0.3) is 5.91 Å². The molecule has 0 spiro atoms. The molecule has 0 unspecified atom stereocenters. The van der Waals surface area contributed by atoms with Crippen LogP contribution in [0.3, 0.4) is 0 Å². The number of nitrogens with one attached hydrogen (secondary N) is 1. The third kappa shape index (κ3) is 6.52. The molecule has 1 rings (SSSR count). The van der Waals surface area contributed by atoms with E-state index in [1.165, 1.54) is 0 Å². The van der Waals surface area contributed by atoms with E-state index < -0.39 is 0 Å². The molecule has 1 N–H and O–H groups in total. The highest BCUT2D eigenvalue weighted by molar-refractivity contribution is 6.29. The number of carbonyl (C=O) groups is 1. The summed E-state index contributed by atoms with van der Waals surface area (Å²) in [5.74, 6) is -0.163. The van der Waals surface area contributed by atoms with E-state index in [4.69, 9.17) is 16.3 Å². The van der Waals surface area contributed by atoms with Crippen LogP contribution in [0, 0.1) is 6.92 Å². The predicted molar refractivity (Wildman–Crippen MR) is 75.7 cm³/mol. The van der Waals surface area contributed by atoms with Crippen LogP contribution < -0.4 is 5.32 Å². The van der Waals surface area contributed by atoms with Crippen LogP contribution in [0.1, 0.15) is 16.1 Å². The molecule has 0 aliphatic carbocycles. The van der Waals surface area contributed by atoms with Gasteiger partial charge in [-0.15, -0.1) is 0 Å². The summed E-state index contributed by atoms with van der Waals surface area (Å²) in [6, 6.07) is 3.25. The quantitative estimate of drug-likeness (QED) is 0.607. The molecule has 106 valence electrons. The maximum atomic E-state index is 11.8. The van der Waals surface area contributed by atoms with E-state index in [-0.39, 0.29) is 5.91 Å². The van der Waals surface area contributed by atoms with E-state index in [9.17, 15) is 4.79 Å². The van der Waals surface area contributed by atoms with Crippen molar-refractivity contribution in [2.24, 2.45) is 0 Å². The lowest BCUT2D eigenvalue weighted by atomic mass is 10.2. The first-order valence-electron chi connectivity index (χ1n) is 6.14. The summed E-state index contributed by atoms with van der Waals surface area (Å²) in [4.78, 5) is 17.9. The average Bonchev–Trinajstić information content (AvgIpc) is 2.31. The van der Waals surface area contributed by atoms with Crippen molar-refractivity contribution >= 4 is 17.5 Å². The number of amides is 1. The Labute approximate surface area is 118 Å². The van der Waals surface area contributed by atoms with Crippen molar-refractivity contribution in [3.63, 3.8) is 0 Å². The van der Waals surface area contributed by atoms with Crippen LogP contribution in [-0.4, -0.2) is 56.2 Å². The minimum atomic E-state index is -0.163. The molecule has 0 fully saturated rings. The van der Waals surface area contributed by atoms with Crippen molar-refractivity contribution in [1.29, 1.82) is 0 Å². The number of nitrogens with zero attached hydrogens (tertiary/aromatic N) is 2. The van der Waals surface area contributed by atoms with Gasteiger partial charge >= 0.3 is 0 Å². The molecule has 0 radical (unpaired) electrons. The summed E-state index contributed by atoms with van der Waals surface area (Å²) in [7, 11) is 3.97. The Morgan fingerprint density at radius 2 is 2.16 bits per heavy atom. The third-order valence-corrected chi connectivity index (χ3v) is 2.59. The van der Waals surface area contributed by atoms with Gasteiger partial charge in [0.1, 0.15) is 5.15 Å². The van der Waals surface area contributed by atoms with Crippen LogP contribution in [0.25, 0.3) is 0 Å². The average molecular weight is 286 g/mol. The molecule has 0 saturated heterocycles. The number of aryl methyl sites for hydroxylation is 1. The number of pyridine rings is 1. The molecule has 6 heteroatoms. The Morgan fingerprint density at radius 1 is 1.42 bits per heavy atom. The summed E-state index contributed by atoms with van der Waals surface area (Å²) in [6.45, 7) is 4.30. The summed E-state index contributed by atoms with van der Waals surface area (Å²) >= 11 is 5.81. The largest absolute Gasteiger partial charge is 0.378 e. The van der Waals surface area contributed by atoms with E-state index in [0.29, 0.717) is 30.5 Å². The van der Waals surface area contributed by atoms with Crippen molar-refractivity contribution in [3.8, 4) is 0 Å². The van der Waals surface area contributed by atoms with Gasteiger partial charge < -0.3 is 15.0 Å². The lowest BCUT2D eigenvalue weighted by molar-refractivity contribution is 0.0900. The van der Waals surface area contributed by atoms with E-state index in [1.807, 2.05) is 19.0 Å². The van der Waals surface area contributed by atoms with Crippen LogP contribution in [-0.2, 0) is 4.74 Å². The summed E-state index contributed by atoms with van der Waals surface area (Å²) in [5, 5.41) is 3.10. The topological polar surface area (TPSA) is 54.5 Å². The Hall–Kier alpha value is -1.17. The van der Waals surface area contributed by atoms with Crippen molar-refractivity contribution in [2.45, 2.75) is 6.92 Å². The fourth-order valence-electron chi connectivity index (χ4n) is 1.45. The standard InChI is InChI=1S/C13H20ClN3O2/c1-10-8-11(9-12(14)16-10)13(18)15-4-6-19-7-5-17(2)3/h8-9H,4-7H2,1-3H3,(H,15,18). The zero-order chi connectivity index (χ0) is 14.3. The lowest BCUT2D eigenvalue weighted by Crippen LogP contribution is -2.28. The zero-order valence-corrected chi connectivity index (χ0v) is 12.3. The molecule has 0 saturated carbocycles. The molecule has 19 heavy (non-hydrogen) atoms. The normalized spacial score (nSPS) is 10.8. The Balaban J connectivity index is 2.27. The van der Waals surface area contributed by atoms with E-state index in [0.717, 1.165) is 12.2 Å². The number of ether oxygens (including phenoxy) is 1. The van der Waals surface area contributed by atoms with Crippen LogP contribution in [0.4, 0.5) is 0 Å². The molecule has 0 aliphatic heterocycles. The predicted octanol–water partition coefficient (Wildman–Crippen LogP) is 1.35. The van der Waals surface area contributed by atoms with Gasteiger partial charge in [0.2, 0.25) is 0 Å². The molecule has 5 nitrogen and oxygen atoms in total. The van der Waals surface area contributed by atoms with E-state index >= 15 is 0 Å². The molecular weight excluding hydrogens is 266 g/mol. The second-order valence-corrected chi connectivity index (χ2v) is 4.88. The van der Waals surface area contributed by atoms with Crippen molar-refractivity contribution in [1.82, 2.24) is 15.2 Å². The van der Waals surface area contributed by atoms with Gasteiger partial charge in [-0.3, -0.25) is 4.79 Å². The van der Waals surface area contributed by atoms with Gasteiger partial charge in [-0.1, -0.05) is 11.6 Å². The third-order valence-electron chi connectivity index (χ3n) is 2.40. The second-order valence-electron chi connectivity index (χ2n) is 4.49. The Morgan fingerprint density at radius 3 is 2.79 bits per heavy atom. The van der Waals surface area contributed by atoms with Crippen LogP contribution >= 0.6 is 11.6 Å². The van der Waals surface area contributed by atoms with E-state index in [1.54, 1.807) is 19.1 Å². The SMILES string of the molecule is Cc1cc(C(=O)NCCOCCN(C)C)cc(Cl)n1. The zero-order valence-electron chi connectivity index (χ0n) is 11.6.